The van der Waals surface area contributed by atoms with Crippen LogP contribution in [-0.2, 0) is 16.0 Å². The molecule has 0 aliphatic rings. The van der Waals surface area contributed by atoms with Crippen LogP contribution in [-0.4, -0.2) is 25.5 Å². The van der Waals surface area contributed by atoms with Gasteiger partial charge in [0.05, 0.1) is 13.5 Å². The van der Waals surface area contributed by atoms with Gasteiger partial charge in [-0.1, -0.05) is 66.2 Å². The molecule has 154 valence electrons. The largest absolute Gasteiger partial charge is 0.496 e. The first-order valence-electron chi connectivity index (χ1n) is 9.55. The second-order valence-corrected chi connectivity index (χ2v) is 6.74. The maximum atomic E-state index is 12.2. The Morgan fingerprint density at radius 1 is 0.833 bits per heavy atom. The number of nitrogens with one attached hydrogen (secondary N) is 2. The molecule has 2 amide bonds. The van der Waals surface area contributed by atoms with Crippen molar-refractivity contribution in [3.8, 4) is 22.6 Å². The average Bonchev–Trinajstić information content (AvgIpc) is 2.77. The number of rotatable bonds is 7. The van der Waals surface area contributed by atoms with Crippen molar-refractivity contribution in [1.29, 1.82) is 0 Å². The van der Waals surface area contributed by atoms with E-state index in [-0.39, 0.29) is 18.9 Å². The van der Waals surface area contributed by atoms with E-state index in [9.17, 15) is 9.59 Å². The summed E-state index contributed by atoms with van der Waals surface area (Å²) in [5.41, 5.74) is 8.44. The van der Waals surface area contributed by atoms with E-state index in [0.29, 0.717) is 11.5 Å². The van der Waals surface area contributed by atoms with Gasteiger partial charge in [-0.05, 0) is 24.6 Å². The van der Waals surface area contributed by atoms with Crippen LogP contribution in [0.4, 0.5) is 0 Å². The number of benzene rings is 3. The van der Waals surface area contributed by atoms with E-state index in [1.165, 1.54) is 0 Å². The summed E-state index contributed by atoms with van der Waals surface area (Å²) in [6.07, 6.45) is 0.0861. The molecule has 6 heteroatoms. The summed E-state index contributed by atoms with van der Waals surface area (Å²) in [6.45, 7) is 1.71. The van der Waals surface area contributed by atoms with Crippen molar-refractivity contribution in [1.82, 2.24) is 10.9 Å². The standard InChI is InChI=1S/C24H24N2O4/c1-17-12-13-21(29-2)19(14-17)15-23(27)25-26-24(28)16-30-22-11-7-6-10-20(22)18-8-4-3-5-9-18/h3-14H,15-16H2,1-2H3,(H,25,27)(H,26,28). The lowest BCUT2D eigenvalue weighted by molar-refractivity contribution is -0.129. The minimum atomic E-state index is -0.456. The third kappa shape index (κ3) is 5.61. The van der Waals surface area contributed by atoms with E-state index in [1.54, 1.807) is 13.2 Å². The lowest BCUT2D eigenvalue weighted by Gasteiger charge is -2.13. The van der Waals surface area contributed by atoms with Gasteiger partial charge in [0.2, 0.25) is 5.91 Å². The molecule has 3 rings (SSSR count). The molecule has 6 nitrogen and oxygen atoms in total. The number of para-hydroxylation sites is 1. The Bertz CT molecular complexity index is 1020. The first-order valence-corrected chi connectivity index (χ1v) is 9.55. The van der Waals surface area contributed by atoms with Gasteiger partial charge in [0.25, 0.3) is 5.91 Å². The van der Waals surface area contributed by atoms with Crippen molar-refractivity contribution < 1.29 is 19.1 Å². The maximum absolute atomic E-state index is 12.2. The smallest absolute Gasteiger partial charge is 0.276 e. The summed E-state index contributed by atoms with van der Waals surface area (Å²) in [5.74, 6) is 0.414. The maximum Gasteiger partial charge on any atom is 0.276 e. The van der Waals surface area contributed by atoms with Gasteiger partial charge in [0.1, 0.15) is 11.5 Å². The molecular formula is C24H24N2O4. The van der Waals surface area contributed by atoms with Crippen LogP contribution >= 0.6 is 0 Å². The lowest BCUT2D eigenvalue weighted by Crippen LogP contribution is -2.44. The number of ether oxygens (including phenoxy) is 2. The Kier molecular flexibility index (Phi) is 7.05. The number of aryl methyl sites for hydroxylation is 1. The lowest BCUT2D eigenvalue weighted by atomic mass is 10.1. The summed E-state index contributed by atoms with van der Waals surface area (Å²) >= 11 is 0. The molecule has 0 fully saturated rings. The number of hydrazine groups is 1. The fraction of sp³-hybridized carbons (Fsp3) is 0.167. The molecule has 0 spiro atoms. The summed E-state index contributed by atoms with van der Waals surface area (Å²) in [5, 5.41) is 0. The zero-order chi connectivity index (χ0) is 21.3. The van der Waals surface area contributed by atoms with Gasteiger partial charge in [-0.15, -0.1) is 0 Å². The van der Waals surface area contributed by atoms with Crippen molar-refractivity contribution in [2.75, 3.05) is 13.7 Å². The fourth-order valence-electron chi connectivity index (χ4n) is 3.03. The van der Waals surface area contributed by atoms with Crippen LogP contribution in [0.2, 0.25) is 0 Å². The molecule has 0 bridgehead atoms. The predicted octanol–water partition coefficient (Wildman–Crippen LogP) is 3.44. The first-order chi connectivity index (χ1) is 14.6. The van der Waals surface area contributed by atoms with Gasteiger partial charge in [0.15, 0.2) is 6.61 Å². The van der Waals surface area contributed by atoms with Crippen LogP contribution in [0.15, 0.2) is 72.8 Å². The average molecular weight is 404 g/mol. The Morgan fingerprint density at radius 2 is 1.53 bits per heavy atom. The molecule has 0 radical (unpaired) electrons. The zero-order valence-corrected chi connectivity index (χ0v) is 17.0. The number of carbonyl (C=O) groups is 2. The quantitative estimate of drug-likeness (QED) is 0.592. The van der Waals surface area contributed by atoms with Crippen LogP contribution in [0.25, 0.3) is 11.1 Å². The Morgan fingerprint density at radius 3 is 2.30 bits per heavy atom. The summed E-state index contributed by atoms with van der Waals surface area (Å²) in [7, 11) is 1.55. The van der Waals surface area contributed by atoms with Crippen LogP contribution < -0.4 is 20.3 Å². The Hall–Kier alpha value is -3.80. The van der Waals surface area contributed by atoms with E-state index in [1.807, 2.05) is 73.7 Å². The van der Waals surface area contributed by atoms with Gasteiger partial charge in [-0.2, -0.15) is 0 Å². The van der Waals surface area contributed by atoms with Crippen LogP contribution in [0.3, 0.4) is 0 Å². The van der Waals surface area contributed by atoms with E-state index in [2.05, 4.69) is 10.9 Å². The molecule has 0 aliphatic heterocycles. The second-order valence-electron chi connectivity index (χ2n) is 6.74. The zero-order valence-electron chi connectivity index (χ0n) is 17.0. The number of hydrogen-bond donors (Lipinski definition) is 2. The van der Waals surface area contributed by atoms with Gasteiger partial charge in [-0.25, -0.2) is 0 Å². The van der Waals surface area contributed by atoms with Crippen molar-refractivity contribution in [2.45, 2.75) is 13.3 Å². The molecular weight excluding hydrogens is 380 g/mol. The van der Waals surface area contributed by atoms with Gasteiger partial charge in [0, 0.05) is 11.1 Å². The molecule has 0 aromatic heterocycles. The first kappa shape index (κ1) is 20.9. The highest BCUT2D eigenvalue weighted by atomic mass is 16.5. The third-order valence-electron chi connectivity index (χ3n) is 4.46. The van der Waals surface area contributed by atoms with E-state index in [4.69, 9.17) is 9.47 Å². The summed E-state index contributed by atoms with van der Waals surface area (Å²) in [6, 6.07) is 22.9. The van der Waals surface area contributed by atoms with E-state index < -0.39 is 5.91 Å². The molecule has 0 saturated heterocycles. The van der Waals surface area contributed by atoms with Crippen molar-refractivity contribution in [3.05, 3.63) is 83.9 Å². The number of carbonyl (C=O) groups excluding carboxylic acids is 2. The molecule has 0 heterocycles. The van der Waals surface area contributed by atoms with Gasteiger partial charge in [-0.3, -0.25) is 20.4 Å². The van der Waals surface area contributed by atoms with Crippen LogP contribution in [0, 0.1) is 6.92 Å². The third-order valence-corrected chi connectivity index (χ3v) is 4.46. The topological polar surface area (TPSA) is 76.7 Å². The van der Waals surface area contributed by atoms with Gasteiger partial charge < -0.3 is 9.47 Å². The molecule has 0 unspecified atom stereocenters. The van der Waals surface area contributed by atoms with Crippen molar-refractivity contribution >= 4 is 11.8 Å². The van der Waals surface area contributed by atoms with Crippen LogP contribution in [0.5, 0.6) is 11.5 Å². The number of hydrogen-bond acceptors (Lipinski definition) is 4. The fourth-order valence-corrected chi connectivity index (χ4v) is 3.03. The highest BCUT2D eigenvalue weighted by molar-refractivity contribution is 5.84. The summed E-state index contributed by atoms with van der Waals surface area (Å²) in [4.78, 5) is 24.3. The Labute approximate surface area is 175 Å². The second kappa shape index (κ2) is 10.1. The van der Waals surface area contributed by atoms with E-state index >= 15 is 0 Å². The number of methoxy groups -OCH3 is 1. The molecule has 30 heavy (non-hydrogen) atoms. The minimum Gasteiger partial charge on any atom is -0.496 e. The Balaban J connectivity index is 1.53. The molecule has 0 saturated carbocycles. The summed E-state index contributed by atoms with van der Waals surface area (Å²) < 4.78 is 10.9. The highest BCUT2D eigenvalue weighted by Crippen LogP contribution is 2.29. The van der Waals surface area contributed by atoms with Gasteiger partial charge >= 0.3 is 0 Å². The monoisotopic (exact) mass is 404 g/mol. The number of amides is 2. The predicted molar refractivity (Wildman–Crippen MR) is 115 cm³/mol. The van der Waals surface area contributed by atoms with Crippen molar-refractivity contribution in [3.63, 3.8) is 0 Å². The molecule has 3 aromatic carbocycles. The van der Waals surface area contributed by atoms with E-state index in [0.717, 1.165) is 22.3 Å². The molecule has 0 atom stereocenters. The minimum absolute atomic E-state index is 0.0861. The van der Waals surface area contributed by atoms with Crippen molar-refractivity contribution in [2.24, 2.45) is 0 Å². The normalized spacial score (nSPS) is 10.2. The molecule has 3 aromatic rings. The molecule has 2 N–H and O–H groups in total. The van der Waals surface area contributed by atoms with Crippen LogP contribution in [0.1, 0.15) is 11.1 Å². The molecule has 0 aliphatic carbocycles. The SMILES string of the molecule is COc1ccc(C)cc1CC(=O)NNC(=O)COc1ccccc1-c1ccccc1. The highest BCUT2D eigenvalue weighted by Gasteiger charge is 2.12.